The lowest BCUT2D eigenvalue weighted by Gasteiger charge is -2.08. The normalized spacial score (nSPS) is 11.4. The minimum absolute atomic E-state index is 0.276. The van der Waals surface area contributed by atoms with Crippen molar-refractivity contribution in [3.8, 4) is 10.6 Å². The second-order valence-corrected chi connectivity index (χ2v) is 8.15. The Balaban J connectivity index is 1.93. The number of halogens is 3. The van der Waals surface area contributed by atoms with Crippen molar-refractivity contribution in [2.45, 2.75) is 4.21 Å². The highest BCUT2D eigenvalue weighted by Gasteiger charge is 2.23. The van der Waals surface area contributed by atoms with Crippen molar-refractivity contribution in [2.75, 3.05) is 4.72 Å². The van der Waals surface area contributed by atoms with E-state index in [-0.39, 0.29) is 15.3 Å². The number of carboxylic acids is 1. The maximum Gasteiger partial charge on any atom is 0.338 e. The average molecular weight is 414 g/mol. The van der Waals surface area contributed by atoms with Gasteiger partial charge in [-0.15, -0.1) is 11.3 Å². The Morgan fingerprint density at radius 1 is 1.07 bits per heavy atom. The second-order valence-electron chi connectivity index (χ2n) is 5.21. The van der Waals surface area contributed by atoms with E-state index in [2.05, 4.69) is 4.98 Å². The zero-order valence-corrected chi connectivity index (χ0v) is 14.7. The van der Waals surface area contributed by atoms with Crippen LogP contribution in [0.25, 0.3) is 10.6 Å². The third-order valence-electron chi connectivity index (χ3n) is 3.37. The molecule has 0 bridgehead atoms. The topological polar surface area (TPSA) is 96.4 Å². The van der Waals surface area contributed by atoms with Crippen LogP contribution in [0.1, 0.15) is 10.4 Å². The van der Waals surface area contributed by atoms with Crippen LogP contribution in [-0.4, -0.2) is 24.5 Å². The molecule has 0 aliphatic rings. The van der Waals surface area contributed by atoms with E-state index in [0.717, 1.165) is 17.5 Å². The molecular formula is C16H9F3N2O4S2. The lowest BCUT2D eigenvalue weighted by molar-refractivity contribution is 0.0692. The van der Waals surface area contributed by atoms with Crippen LogP contribution in [0.4, 0.5) is 18.9 Å². The zero-order valence-electron chi connectivity index (χ0n) is 13.1. The number of nitrogens with zero attached hydrogens (tertiary/aromatic N) is 1. The number of benzene rings is 2. The highest BCUT2D eigenvalue weighted by Crippen LogP contribution is 2.30. The SMILES string of the molecule is O=C(O)c1cc(NS(=O)(=O)c2cnc(-c3ccc(F)cc3)s2)c(F)cc1F. The number of aromatic carboxylic acids is 1. The Morgan fingerprint density at radius 2 is 1.74 bits per heavy atom. The Bertz CT molecular complexity index is 1130. The van der Waals surface area contributed by atoms with E-state index in [1.807, 2.05) is 4.72 Å². The van der Waals surface area contributed by atoms with Gasteiger partial charge < -0.3 is 5.11 Å². The van der Waals surface area contributed by atoms with Crippen molar-refractivity contribution in [1.29, 1.82) is 0 Å². The smallest absolute Gasteiger partial charge is 0.338 e. The molecule has 2 aromatic carbocycles. The number of anilines is 1. The molecule has 0 aliphatic carbocycles. The summed E-state index contributed by atoms with van der Waals surface area (Å²) in [6.45, 7) is 0. The number of rotatable bonds is 5. The van der Waals surface area contributed by atoms with Crippen molar-refractivity contribution < 1.29 is 31.5 Å². The number of thiazole rings is 1. The van der Waals surface area contributed by atoms with Gasteiger partial charge >= 0.3 is 5.97 Å². The Kier molecular flexibility index (Phi) is 4.89. The van der Waals surface area contributed by atoms with E-state index in [0.29, 0.717) is 11.6 Å². The molecule has 3 rings (SSSR count). The monoisotopic (exact) mass is 414 g/mol. The zero-order chi connectivity index (χ0) is 19.8. The van der Waals surface area contributed by atoms with Crippen molar-refractivity contribution in [3.05, 3.63) is 65.6 Å². The molecule has 6 nitrogen and oxygen atoms in total. The first kappa shape index (κ1) is 18.9. The summed E-state index contributed by atoms with van der Waals surface area (Å²) in [7, 11) is -4.31. The summed E-state index contributed by atoms with van der Waals surface area (Å²) in [5, 5.41) is 9.15. The van der Waals surface area contributed by atoms with E-state index >= 15 is 0 Å². The van der Waals surface area contributed by atoms with Gasteiger partial charge in [-0.2, -0.15) is 0 Å². The first-order valence-electron chi connectivity index (χ1n) is 7.14. The highest BCUT2D eigenvalue weighted by molar-refractivity contribution is 7.94. The predicted molar refractivity (Wildman–Crippen MR) is 91.6 cm³/mol. The number of carboxylic acid groups (broad SMARTS) is 1. The fraction of sp³-hybridized carbons (Fsp3) is 0. The minimum Gasteiger partial charge on any atom is -0.478 e. The first-order chi connectivity index (χ1) is 12.7. The molecule has 0 atom stereocenters. The van der Waals surface area contributed by atoms with Crippen LogP contribution in [0.2, 0.25) is 0 Å². The van der Waals surface area contributed by atoms with Crippen molar-refractivity contribution in [3.63, 3.8) is 0 Å². The molecule has 0 radical (unpaired) electrons. The van der Waals surface area contributed by atoms with Gasteiger partial charge in [-0.3, -0.25) is 4.72 Å². The molecule has 0 aliphatic heterocycles. The van der Waals surface area contributed by atoms with Gasteiger partial charge in [-0.25, -0.2) is 31.4 Å². The van der Waals surface area contributed by atoms with Crippen LogP contribution < -0.4 is 4.72 Å². The molecule has 0 saturated heterocycles. The average Bonchev–Trinajstić information content (AvgIpc) is 3.08. The number of nitrogens with one attached hydrogen (secondary N) is 1. The van der Waals surface area contributed by atoms with Crippen molar-refractivity contribution >= 4 is 33.0 Å². The second kappa shape index (κ2) is 7.00. The van der Waals surface area contributed by atoms with Crippen molar-refractivity contribution in [1.82, 2.24) is 4.98 Å². The molecule has 1 heterocycles. The minimum atomic E-state index is -4.31. The fourth-order valence-corrected chi connectivity index (χ4v) is 4.29. The number of sulfonamides is 1. The Morgan fingerprint density at radius 3 is 2.37 bits per heavy atom. The largest absolute Gasteiger partial charge is 0.478 e. The van der Waals surface area contributed by atoms with Gasteiger partial charge in [0.1, 0.15) is 22.5 Å². The molecule has 3 aromatic rings. The number of aromatic nitrogens is 1. The van der Waals surface area contributed by atoms with Crippen LogP contribution in [0.15, 0.2) is 46.8 Å². The van der Waals surface area contributed by atoms with Crippen LogP contribution in [0.3, 0.4) is 0 Å². The summed E-state index contributed by atoms with van der Waals surface area (Å²) < 4.78 is 66.6. The van der Waals surface area contributed by atoms with E-state index < -0.39 is 44.7 Å². The summed E-state index contributed by atoms with van der Waals surface area (Å²) in [5.41, 5.74) is -1.13. The molecular weight excluding hydrogens is 405 g/mol. The van der Waals surface area contributed by atoms with Gasteiger partial charge in [0.2, 0.25) is 0 Å². The van der Waals surface area contributed by atoms with Gasteiger partial charge in [0.05, 0.1) is 17.4 Å². The summed E-state index contributed by atoms with van der Waals surface area (Å²) >= 11 is 0.741. The first-order valence-corrected chi connectivity index (χ1v) is 9.44. The molecule has 0 unspecified atom stereocenters. The van der Waals surface area contributed by atoms with E-state index in [1.54, 1.807) is 0 Å². The van der Waals surface area contributed by atoms with Crippen LogP contribution in [0.5, 0.6) is 0 Å². The summed E-state index contributed by atoms with van der Waals surface area (Å²) in [4.78, 5) is 14.9. The highest BCUT2D eigenvalue weighted by atomic mass is 32.2. The molecule has 0 spiro atoms. The summed E-state index contributed by atoms with van der Waals surface area (Å²) in [6, 6.07) is 6.02. The molecule has 0 amide bonds. The maximum atomic E-state index is 13.8. The molecule has 0 fully saturated rings. The fourth-order valence-electron chi connectivity index (χ4n) is 2.10. The molecule has 2 N–H and O–H groups in total. The number of hydrogen-bond acceptors (Lipinski definition) is 5. The lowest BCUT2D eigenvalue weighted by atomic mass is 10.2. The molecule has 27 heavy (non-hydrogen) atoms. The summed E-state index contributed by atoms with van der Waals surface area (Å²) in [6.07, 6.45) is 1.02. The number of hydrogen-bond donors (Lipinski definition) is 2. The van der Waals surface area contributed by atoms with Crippen molar-refractivity contribution in [2.24, 2.45) is 0 Å². The van der Waals surface area contributed by atoms with Gasteiger partial charge in [-0.05, 0) is 30.3 Å². The van der Waals surface area contributed by atoms with Crippen LogP contribution in [-0.2, 0) is 10.0 Å². The maximum absolute atomic E-state index is 13.8. The quantitative estimate of drug-likeness (QED) is 0.663. The summed E-state index contributed by atoms with van der Waals surface area (Å²) in [5.74, 6) is -4.75. The third kappa shape index (κ3) is 3.93. The lowest BCUT2D eigenvalue weighted by Crippen LogP contribution is -2.14. The van der Waals surface area contributed by atoms with E-state index in [4.69, 9.17) is 5.11 Å². The van der Waals surface area contributed by atoms with Gasteiger partial charge in [0.15, 0.2) is 4.21 Å². The van der Waals surface area contributed by atoms with Gasteiger partial charge in [-0.1, -0.05) is 0 Å². The van der Waals surface area contributed by atoms with E-state index in [1.165, 1.54) is 24.3 Å². The number of carbonyl (C=O) groups is 1. The molecule has 11 heteroatoms. The Labute approximate surface area is 155 Å². The molecule has 140 valence electrons. The van der Waals surface area contributed by atoms with Gasteiger partial charge in [0, 0.05) is 11.6 Å². The Hall–Kier alpha value is -2.92. The third-order valence-corrected chi connectivity index (χ3v) is 6.25. The van der Waals surface area contributed by atoms with Crippen LogP contribution in [0, 0.1) is 17.5 Å². The predicted octanol–water partition coefficient (Wildman–Crippen LogP) is 3.73. The van der Waals surface area contributed by atoms with Crippen LogP contribution >= 0.6 is 11.3 Å². The molecule has 1 aromatic heterocycles. The van der Waals surface area contributed by atoms with E-state index in [9.17, 15) is 26.4 Å². The van der Waals surface area contributed by atoms with Gasteiger partial charge in [0.25, 0.3) is 10.0 Å². The molecule has 0 saturated carbocycles. The standard InChI is InChI=1S/C16H9F3N2O4S2/c17-9-3-1-8(2-4-9)15-20-7-14(26-15)27(24,25)21-13-5-10(16(22)23)11(18)6-12(13)19/h1-7,21H,(H,22,23).